The summed E-state index contributed by atoms with van der Waals surface area (Å²) < 4.78 is 15.9. The number of aromatic nitrogens is 1. The monoisotopic (exact) mass is 502 g/mol. The molecule has 1 amide bonds. The van der Waals surface area contributed by atoms with E-state index in [9.17, 15) is 9.00 Å². The molecule has 0 saturated carbocycles. The summed E-state index contributed by atoms with van der Waals surface area (Å²) in [6.07, 6.45) is 0. The van der Waals surface area contributed by atoms with Crippen LogP contribution in [0.1, 0.15) is 27.3 Å². The van der Waals surface area contributed by atoms with Crippen molar-refractivity contribution in [3.8, 4) is 11.1 Å². The first-order chi connectivity index (χ1) is 15.7. The summed E-state index contributed by atoms with van der Waals surface area (Å²) in [6.45, 7) is 3.11. The molecule has 0 saturated heterocycles. The summed E-state index contributed by atoms with van der Waals surface area (Å²) in [5.41, 5.74) is 10.2. The Morgan fingerprint density at radius 2 is 1.91 bits per heavy atom. The first kappa shape index (κ1) is 23.7. The van der Waals surface area contributed by atoms with Crippen LogP contribution in [-0.2, 0) is 22.8 Å². The molecule has 1 atom stereocenters. The third kappa shape index (κ3) is 4.65. The minimum atomic E-state index is -2.67. The molecule has 1 aromatic heterocycles. The summed E-state index contributed by atoms with van der Waals surface area (Å²) >= 11 is 12.6. The van der Waals surface area contributed by atoms with E-state index in [2.05, 4.69) is 15.6 Å². The Morgan fingerprint density at radius 1 is 1.18 bits per heavy atom. The van der Waals surface area contributed by atoms with Crippen LogP contribution in [0.5, 0.6) is 0 Å². The van der Waals surface area contributed by atoms with Crippen LogP contribution < -0.4 is 10.5 Å². The van der Waals surface area contributed by atoms with Crippen molar-refractivity contribution in [2.75, 3.05) is 13.1 Å². The standard InChI is InChI=1S/C24H24Cl2N4O2S/c1-15-19(13-27)22(18-9-8-16(25)12-20(18)26)23-21(29-15)14-30(24(23)31)11-10-28-33(2,32)17-6-4-3-5-7-17/h3-9,12H,2,10-11,13-14,27H2,1H3,(H,28,32). The van der Waals surface area contributed by atoms with Crippen molar-refractivity contribution < 1.29 is 9.00 Å². The van der Waals surface area contributed by atoms with Gasteiger partial charge in [-0.05, 0) is 42.6 Å². The molecule has 1 unspecified atom stereocenters. The molecule has 33 heavy (non-hydrogen) atoms. The van der Waals surface area contributed by atoms with Crippen molar-refractivity contribution in [2.24, 2.45) is 5.73 Å². The van der Waals surface area contributed by atoms with Crippen molar-refractivity contribution in [3.63, 3.8) is 0 Å². The third-order valence-corrected chi connectivity index (χ3v) is 7.92. The van der Waals surface area contributed by atoms with Gasteiger partial charge in [0, 0.05) is 51.4 Å². The second-order valence-electron chi connectivity index (χ2n) is 7.81. The van der Waals surface area contributed by atoms with Gasteiger partial charge >= 0.3 is 0 Å². The van der Waals surface area contributed by atoms with Crippen molar-refractivity contribution in [1.82, 2.24) is 14.6 Å². The second-order valence-corrected chi connectivity index (χ2v) is 10.8. The Hall–Kier alpha value is -2.42. The van der Waals surface area contributed by atoms with Gasteiger partial charge in [-0.15, -0.1) is 0 Å². The Bertz CT molecular complexity index is 1330. The van der Waals surface area contributed by atoms with Crippen LogP contribution in [0.25, 0.3) is 11.1 Å². The van der Waals surface area contributed by atoms with Gasteiger partial charge in [-0.25, -0.2) is 8.93 Å². The molecular formula is C24H24Cl2N4O2S. The molecule has 1 aliphatic heterocycles. The zero-order valence-electron chi connectivity index (χ0n) is 18.1. The number of rotatable bonds is 7. The molecule has 6 nitrogen and oxygen atoms in total. The van der Waals surface area contributed by atoms with Crippen LogP contribution in [0.3, 0.4) is 0 Å². The molecule has 0 bridgehead atoms. The summed E-state index contributed by atoms with van der Waals surface area (Å²) in [5, 5.41) is 0.951. The number of halogens is 2. The molecule has 0 fully saturated rings. The largest absolute Gasteiger partial charge is 0.331 e. The van der Waals surface area contributed by atoms with Crippen molar-refractivity contribution in [3.05, 3.63) is 81.1 Å². The van der Waals surface area contributed by atoms with Crippen molar-refractivity contribution in [1.29, 1.82) is 0 Å². The maximum absolute atomic E-state index is 13.4. The van der Waals surface area contributed by atoms with E-state index < -0.39 is 9.71 Å². The minimum Gasteiger partial charge on any atom is -0.331 e. The lowest BCUT2D eigenvalue weighted by Crippen LogP contribution is -2.35. The molecule has 9 heteroatoms. The molecule has 0 radical (unpaired) electrons. The fraction of sp³-hybridized carbons (Fsp3) is 0.208. The van der Waals surface area contributed by atoms with Gasteiger partial charge in [0.2, 0.25) is 0 Å². The molecule has 1 aliphatic rings. The normalized spacial score (nSPS) is 14.9. The van der Waals surface area contributed by atoms with E-state index >= 15 is 0 Å². The zero-order valence-corrected chi connectivity index (χ0v) is 20.4. The molecule has 3 aromatic rings. The average Bonchev–Trinajstić information content (AvgIpc) is 3.08. The summed E-state index contributed by atoms with van der Waals surface area (Å²) in [6, 6.07) is 14.2. The van der Waals surface area contributed by atoms with Gasteiger partial charge < -0.3 is 10.6 Å². The number of nitrogens with zero attached hydrogens (tertiary/aromatic N) is 2. The lowest BCUT2D eigenvalue weighted by Gasteiger charge is -2.18. The number of benzene rings is 2. The quantitative estimate of drug-likeness (QED) is 0.476. The molecular weight excluding hydrogens is 479 g/mol. The first-order valence-electron chi connectivity index (χ1n) is 10.4. The molecule has 0 aliphatic carbocycles. The van der Waals surface area contributed by atoms with Gasteiger partial charge in [-0.3, -0.25) is 9.78 Å². The molecule has 4 rings (SSSR count). The van der Waals surface area contributed by atoms with Gasteiger partial charge in [-0.1, -0.05) is 47.5 Å². The maximum Gasteiger partial charge on any atom is 0.256 e. The number of aryl methyl sites for hydroxylation is 1. The van der Waals surface area contributed by atoms with Crippen molar-refractivity contribution in [2.45, 2.75) is 24.9 Å². The number of carbonyl (C=O) groups excluding carboxylic acids is 1. The van der Waals surface area contributed by atoms with Crippen LogP contribution in [0, 0.1) is 6.92 Å². The van der Waals surface area contributed by atoms with Crippen LogP contribution in [-0.4, -0.2) is 39.0 Å². The van der Waals surface area contributed by atoms with E-state index in [4.69, 9.17) is 28.9 Å². The fourth-order valence-corrected chi connectivity index (χ4v) is 5.73. The number of hydrogen-bond acceptors (Lipinski definition) is 4. The Kier molecular flexibility index (Phi) is 6.79. The maximum atomic E-state index is 13.4. The summed E-state index contributed by atoms with van der Waals surface area (Å²) in [7, 11) is -2.67. The van der Waals surface area contributed by atoms with Crippen LogP contribution >= 0.6 is 23.2 Å². The lowest BCUT2D eigenvalue weighted by atomic mass is 9.93. The predicted octanol–water partition coefficient (Wildman–Crippen LogP) is 4.06. The topological polar surface area (TPSA) is 88.3 Å². The van der Waals surface area contributed by atoms with Crippen molar-refractivity contribution >= 4 is 44.7 Å². The van der Waals surface area contributed by atoms with Gasteiger partial charge in [0.1, 0.15) is 0 Å². The molecule has 2 aromatic carbocycles. The van der Waals surface area contributed by atoms with Gasteiger partial charge in [0.05, 0.1) is 27.5 Å². The van der Waals surface area contributed by atoms with Gasteiger partial charge in [0.25, 0.3) is 5.91 Å². The highest BCUT2D eigenvalue weighted by atomic mass is 35.5. The van der Waals surface area contributed by atoms with Gasteiger partial charge in [0.15, 0.2) is 0 Å². The zero-order chi connectivity index (χ0) is 23.8. The molecule has 172 valence electrons. The van der Waals surface area contributed by atoms with Crippen LogP contribution in [0.15, 0.2) is 53.4 Å². The van der Waals surface area contributed by atoms with Gasteiger partial charge in [-0.2, -0.15) is 0 Å². The van der Waals surface area contributed by atoms with E-state index in [1.165, 1.54) is 0 Å². The van der Waals surface area contributed by atoms with E-state index in [0.29, 0.717) is 57.0 Å². The number of hydrogen-bond donors (Lipinski definition) is 2. The summed E-state index contributed by atoms with van der Waals surface area (Å²) in [4.78, 5) is 20.4. The van der Waals surface area contributed by atoms with Crippen LogP contribution in [0.4, 0.5) is 0 Å². The highest BCUT2D eigenvalue weighted by Gasteiger charge is 2.34. The van der Waals surface area contributed by atoms with E-state index in [-0.39, 0.29) is 12.5 Å². The Labute approximate surface area is 203 Å². The number of amides is 1. The predicted molar refractivity (Wildman–Crippen MR) is 135 cm³/mol. The molecule has 3 N–H and O–H groups in total. The molecule has 2 heterocycles. The van der Waals surface area contributed by atoms with E-state index in [1.807, 2.05) is 25.1 Å². The van der Waals surface area contributed by atoms with Crippen LogP contribution in [0.2, 0.25) is 10.0 Å². The first-order valence-corrected chi connectivity index (χ1v) is 12.8. The smallest absolute Gasteiger partial charge is 0.256 e. The van der Waals surface area contributed by atoms with E-state index in [0.717, 1.165) is 11.3 Å². The number of carbonyl (C=O) groups is 1. The Balaban J connectivity index is 1.62. The minimum absolute atomic E-state index is 0.162. The average molecular weight is 503 g/mol. The Morgan fingerprint density at radius 3 is 2.58 bits per heavy atom. The SMILES string of the molecule is C=S(=O)(NCCN1Cc2nc(C)c(CN)c(-c3ccc(Cl)cc3Cl)c2C1=O)c1ccccc1. The second kappa shape index (κ2) is 9.44. The number of nitrogens with two attached hydrogens (primary N) is 1. The lowest BCUT2D eigenvalue weighted by molar-refractivity contribution is 0.0782. The van der Waals surface area contributed by atoms with E-state index in [1.54, 1.807) is 35.2 Å². The highest BCUT2D eigenvalue weighted by molar-refractivity contribution is 7.98. The highest BCUT2D eigenvalue weighted by Crippen LogP contribution is 2.39. The fourth-order valence-electron chi connectivity index (χ4n) is 4.05. The number of fused-ring (bicyclic) bond motifs is 1. The molecule has 0 spiro atoms. The number of nitrogens with one attached hydrogen (secondary N) is 1. The third-order valence-electron chi connectivity index (χ3n) is 5.67. The number of pyridine rings is 1. The summed E-state index contributed by atoms with van der Waals surface area (Å²) in [5.74, 6) is 3.67.